The van der Waals surface area contributed by atoms with Crippen LogP contribution in [0.3, 0.4) is 0 Å². The molecular weight excluding hydrogens is 308 g/mol. The third-order valence-corrected chi connectivity index (χ3v) is 4.20. The van der Waals surface area contributed by atoms with Crippen LogP contribution in [0.5, 0.6) is 0 Å². The first-order valence-corrected chi connectivity index (χ1v) is 7.72. The molecule has 5 atom stereocenters. The molecule has 3 saturated heterocycles. The monoisotopic (exact) mass is 328 g/mol. The highest BCUT2D eigenvalue weighted by atomic mass is 16.8. The number of fused-ring (bicyclic) bond motifs is 6. The van der Waals surface area contributed by atoms with E-state index in [4.69, 9.17) is 23.7 Å². The second-order valence-electron chi connectivity index (χ2n) is 5.68. The Kier molecular flexibility index (Phi) is 4.31. The molecule has 3 aliphatic heterocycles. The minimum atomic E-state index is -1.72. The molecule has 23 heavy (non-hydrogen) atoms. The van der Waals surface area contributed by atoms with Crippen LogP contribution in [0.25, 0.3) is 0 Å². The summed E-state index contributed by atoms with van der Waals surface area (Å²) >= 11 is 0. The van der Waals surface area contributed by atoms with E-state index < -0.39 is 35.9 Å². The number of carbonyl (C=O) groups is 2. The minimum absolute atomic E-state index is 0.0319. The summed E-state index contributed by atoms with van der Waals surface area (Å²) < 4.78 is 26.5. The topological polar surface area (TPSA) is 101 Å². The molecule has 0 saturated carbocycles. The van der Waals surface area contributed by atoms with Crippen LogP contribution in [0.1, 0.15) is 20.3 Å². The molecule has 4 bridgehead atoms. The van der Waals surface area contributed by atoms with E-state index in [9.17, 15) is 14.7 Å². The lowest BCUT2D eigenvalue weighted by Crippen LogP contribution is -2.58. The maximum Gasteiger partial charge on any atom is 0.334 e. The van der Waals surface area contributed by atoms with Crippen LogP contribution in [0.15, 0.2) is 11.8 Å². The molecule has 3 aliphatic rings. The molecule has 8 nitrogen and oxygen atoms in total. The van der Waals surface area contributed by atoms with Crippen molar-refractivity contribution in [1.29, 1.82) is 0 Å². The smallest absolute Gasteiger partial charge is 0.334 e. The molecule has 0 spiro atoms. The van der Waals surface area contributed by atoms with Crippen LogP contribution >= 0.6 is 0 Å². The van der Waals surface area contributed by atoms with Crippen LogP contribution in [0, 0.1) is 11.8 Å². The average molecular weight is 328 g/mol. The molecule has 3 fully saturated rings. The quantitative estimate of drug-likeness (QED) is 0.572. The van der Waals surface area contributed by atoms with Gasteiger partial charge in [-0.05, 0) is 13.8 Å². The van der Waals surface area contributed by atoms with E-state index in [-0.39, 0.29) is 38.1 Å². The maximum atomic E-state index is 12.4. The highest BCUT2D eigenvalue weighted by Crippen LogP contribution is 2.50. The van der Waals surface area contributed by atoms with Crippen molar-refractivity contribution >= 4 is 11.9 Å². The van der Waals surface area contributed by atoms with Gasteiger partial charge in [-0.25, -0.2) is 4.79 Å². The molecule has 0 aromatic carbocycles. The zero-order chi connectivity index (χ0) is 16.6. The predicted octanol–water partition coefficient (Wildman–Crippen LogP) is 0.0929. The van der Waals surface area contributed by atoms with Crippen LogP contribution in [0.4, 0.5) is 0 Å². The summed E-state index contributed by atoms with van der Waals surface area (Å²) in [5.41, 5.74) is 0. The molecule has 0 aromatic heterocycles. The molecule has 3 rings (SSSR count). The molecule has 0 amide bonds. The first-order valence-electron chi connectivity index (χ1n) is 7.72. The van der Waals surface area contributed by atoms with Crippen LogP contribution < -0.4 is 0 Å². The van der Waals surface area contributed by atoms with Crippen molar-refractivity contribution in [3.63, 3.8) is 0 Å². The summed E-state index contributed by atoms with van der Waals surface area (Å²) in [4.78, 5) is 24.1. The number of carbonyl (C=O) groups excluding carboxylic acids is 2. The van der Waals surface area contributed by atoms with Crippen molar-refractivity contribution in [2.24, 2.45) is 11.8 Å². The highest BCUT2D eigenvalue weighted by Gasteiger charge is 2.62. The first-order chi connectivity index (χ1) is 11.0. The van der Waals surface area contributed by atoms with Gasteiger partial charge in [-0.1, -0.05) is 0 Å². The van der Waals surface area contributed by atoms with Gasteiger partial charge in [0.25, 0.3) is 5.79 Å². The van der Waals surface area contributed by atoms with Crippen molar-refractivity contribution in [3.05, 3.63) is 11.8 Å². The van der Waals surface area contributed by atoms with Gasteiger partial charge in [0.1, 0.15) is 11.7 Å². The van der Waals surface area contributed by atoms with Crippen molar-refractivity contribution in [1.82, 2.24) is 0 Å². The third-order valence-electron chi connectivity index (χ3n) is 4.20. The van der Waals surface area contributed by atoms with Gasteiger partial charge < -0.3 is 28.8 Å². The Morgan fingerprint density at radius 1 is 1.35 bits per heavy atom. The number of hydrogen-bond donors (Lipinski definition) is 1. The molecule has 0 unspecified atom stereocenters. The van der Waals surface area contributed by atoms with Crippen molar-refractivity contribution in [2.75, 3.05) is 19.8 Å². The fraction of sp³-hybridized carbons (Fsp3) is 0.733. The summed E-state index contributed by atoms with van der Waals surface area (Å²) in [7, 11) is 0. The fourth-order valence-corrected chi connectivity index (χ4v) is 3.29. The number of hydrogen-bond acceptors (Lipinski definition) is 8. The molecule has 0 aliphatic carbocycles. The summed E-state index contributed by atoms with van der Waals surface area (Å²) in [6.45, 7) is 4.01. The van der Waals surface area contributed by atoms with Crippen LogP contribution in [0.2, 0.25) is 0 Å². The van der Waals surface area contributed by atoms with Gasteiger partial charge in [0.05, 0.1) is 32.0 Å². The molecule has 0 radical (unpaired) electrons. The predicted molar refractivity (Wildman–Crippen MR) is 73.6 cm³/mol. The first kappa shape index (κ1) is 16.2. The van der Waals surface area contributed by atoms with Crippen molar-refractivity contribution in [3.8, 4) is 0 Å². The van der Waals surface area contributed by atoms with Gasteiger partial charge in [-0.2, -0.15) is 0 Å². The Hall–Kier alpha value is -1.64. The number of esters is 2. The van der Waals surface area contributed by atoms with E-state index in [2.05, 4.69) is 0 Å². The summed E-state index contributed by atoms with van der Waals surface area (Å²) in [5, 5.41) is 10.6. The molecule has 3 heterocycles. The lowest BCUT2D eigenvalue weighted by Gasteiger charge is -2.47. The molecule has 0 aromatic rings. The van der Waals surface area contributed by atoms with Crippen LogP contribution in [-0.2, 0) is 33.3 Å². The summed E-state index contributed by atoms with van der Waals surface area (Å²) in [6.07, 6.45) is -0.0273. The van der Waals surface area contributed by atoms with E-state index in [0.717, 1.165) is 6.08 Å². The SMILES string of the molecule is CCOC(=O)/C=C1\O[C@]2(O)C[C@H]([C@@H]1C(=O)OCC)[C@H]1CO[C@@H]2O1. The van der Waals surface area contributed by atoms with Gasteiger partial charge in [0.2, 0.25) is 6.29 Å². The van der Waals surface area contributed by atoms with Crippen molar-refractivity contribution in [2.45, 2.75) is 38.4 Å². The number of aliphatic hydroxyl groups is 1. The van der Waals surface area contributed by atoms with E-state index in [1.807, 2.05) is 0 Å². The lowest BCUT2D eigenvalue weighted by molar-refractivity contribution is -0.344. The Morgan fingerprint density at radius 2 is 2.09 bits per heavy atom. The standard InChI is InChI=1S/C15H20O8/c1-3-19-11(16)5-9-12(13(17)20-4-2)8-6-15(18,23-9)14-21-7-10(8)22-14/h5,8,10,12,14,18H,3-4,6-7H2,1-2H3/b9-5-/t8-,10+,12-,14+,15+/m0/s1. The molecule has 8 heteroatoms. The van der Waals surface area contributed by atoms with Gasteiger partial charge >= 0.3 is 11.9 Å². The fourth-order valence-electron chi connectivity index (χ4n) is 3.29. The van der Waals surface area contributed by atoms with Crippen LogP contribution in [-0.4, -0.2) is 55.0 Å². The van der Waals surface area contributed by atoms with E-state index in [0.29, 0.717) is 0 Å². The second kappa shape index (κ2) is 6.10. The van der Waals surface area contributed by atoms with E-state index in [1.54, 1.807) is 13.8 Å². The van der Waals surface area contributed by atoms with E-state index in [1.165, 1.54) is 0 Å². The highest BCUT2D eigenvalue weighted by molar-refractivity contribution is 5.85. The zero-order valence-corrected chi connectivity index (χ0v) is 13.0. The Labute approximate surface area is 133 Å². The normalized spacial score (nSPS) is 39.7. The minimum Gasteiger partial charge on any atom is -0.465 e. The lowest BCUT2D eigenvalue weighted by atomic mass is 9.77. The van der Waals surface area contributed by atoms with Crippen molar-refractivity contribution < 1.29 is 38.4 Å². The summed E-state index contributed by atoms with van der Waals surface area (Å²) in [5.74, 6) is -4.10. The van der Waals surface area contributed by atoms with Gasteiger partial charge in [0, 0.05) is 12.3 Å². The molecule has 128 valence electrons. The Morgan fingerprint density at radius 3 is 2.78 bits per heavy atom. The van der Waals surface area contributed by atoms with Gasteiger partial charge in [-0.3, -0.25) is 4.79 Å². The van der Waals surface area contributed by atoms with Gasteiger partial charge in [-0.15, -0.1) is 0 Å². The maximum absolute atomic E-state index is 12.4. The molecular formula is C15H20O8. The third kappa shape index (κ3) is 2.82. The Balaban J connectivity index is 1.94. The average Bonchev–Trinajstić information content (AvgIpc) is 2.93. The molecule has 1 N–H and O–H groups in total. The number of ether oxygens (including phenoxy) is 5. The number of rotatable bonds is 4. The van der Waals surface area contributed by atoms with E-state index >= 15 is 0 Å². The Bertz CT molecular complexity index is 530. The second-order valence-corrected chi connectivity index (χ2v) is 5.68. The zero-order valence-electron chi connectivity index (χ0n) is 13.0. The van der Waals surface area contributed by atoms with Gasteiger partial charge in [0.15, 0.2) is 0 Å². The largest absolute Gasteiger partial charge is 0.465 e. The summed E-state index contributed by atoms with van der Waals surface area (Å²) in [6, 6.07) is 0.